The van der Waals surface area contributed by atoms with Gasteiger partial charge in [0.15, 0.2) is 0 Å². The summed E-state index contributed by atoms with van der Waals surface area (Å²) in [5.74, 6) is 1.58. The lowest BCUT2D eigenvalue weighted by molar-refractivity contribution is 0.302. The fraction of sp³-hybridized carbons (Fsp3) is 0.0323. The highest BCUT2D eigenvalue weighted by molar-refractivity contribution is 9.11. The minimum atomic E-state index is 0.261. The average molecular weight is 612 g/mol. The summed E-state index contributed by atoms with van der Waals surface area (Å²) >= 11 is 7.22. The van der Waals surface area contributed by atoms with E-state index in [0.717, 1.165) is 36.8 Å². The molecule has 5 rings (SSSR count). The molecule has 0 spiro atoms. The Kier molecular flexibility index (Phi) is 7.65. The summed E-state index contributed by atoms with van der Waals surface area (Å²) < 4.78 is 13.8. The van der Waals surface area contributed by atoms with Crippen LogP contribution in [-0.2, 0) is 6.61 Å². The molecule has 37 heavy (non-hydrogen) atoms. The molecule has 1 aromatic heterocycles. The van der Waals surface area contributed by atoms with Crippen molar-refractivity contribution in [3.05, 3.63) is 129 Å². The Morgan fingerprint density at radius 3 is 1.97 bits per heavy atom. The van der Waals surface area contributed by atoms with Crippen molar-refractivity contribution in [1.29, 1.82) is 5.26 Å². The third-order valence-electron chi connectivity index (χ3n) is 5.68. The summed E-state index contributed by atoms with van der Waals surface area (Å²) in [6, 6.07) is 35.6. The topological polar surface area (TPSA) is 58.5 Å². The summed E-state index contributed by atoms with van der Waals surface area (Å²) in [6.07, 6.45) is 1.68. The van der Waals surface area contributed by atoms with Crippen molar-refractivity contribution in [2.24, 2.45) is 4.99 Å². The number of nitriles is 1. The summed E-state index contributed by atoms with van der Waals surface area (Å²) in [5.41, 5.74) is 4.79. The maximum Gasteiger partial charge on any atom is 0.238 e. The molecule has 4 aromatic carbocycles. The molecule has 1 heterocycles. The number of ether oxygens (including phenoxy) is 1. The Morgan fingerprint density at radius 2 is 1.38 bits per heavy atom. The molecule has 0 unspecified atom stereocenters. The highest BCUT2D eigenvalue weighted by Gasteiger charge is 2.22. The number of hydrogen-bond acceptors (Lipinski definition) is 4. The van der Waals surface area contributed by atoms with E-state index in [2.05, 4.69) is 42.9 Å². The molecule has 0 radical (unpaired) electrons. The first-order valence-electron chi connectivity index (χ1n) is 11.5. The van der Waals surface area contributed by atoms with E-state index in [9.17, 15) is 5.26 Å². The van der Waals surface area contributed by atoms with Gasteiger partial charge in [0.05, 0.1) is 8.95 Å². The Labute approximate surface area is 232 Å². The zero-order valence-electron chi connectivity index (χ0n) is 19.6. The maximum atomic E-state index is 10.1. The van der Waals surface area contributed by atoms with Gasteiger partial charge in [-0.05, 0) is 60.7 Å². The molecule has 0 saturated heterocycles. The third kappa shape index (κ3) is 5.59. The van der Waals surface area contributed by atoms with Crippen LogP contribution in [0.5, 0.6) is 5.75 Å². The van der Waals surface area contributed by atoms with Crippen LogP contribution in [0, 0.1) is 11.3 Å². The summed E-state index contributed by atoms with van der Waals surface area (Å²) in [5, 5.41) is 10.1. The highest BCUT2D eigenvalue weighted by atomic mass is 79.9. The van der Waals surface area contributed by atoms with Gasteiger partial charge in [0.2, 0.25) is 5.88 Å². The van der Waals surface area contributed by atoms with Gasteiger partial charge in [0.25, 0.3) is 0 Å². The number of halogens is 2. The van der Waals surface area contributed by atoms with Crippen molar-refractivity contribution in [1.82, 2.24) is 0 Å². The third-order valence-corrected chi connectivity index (χ3v) is 6.86. The summed E-state index contributed by atoms with van der Waals surface area (Å²) in [7, 11) is 0. The Hall–Kier alpha value is -3.92. The van der Waals surface area contributed by atoms with Gasteiger partial charge in [-0.1, -0.05) is 91.0 Å². The van der Waals surface area contributed by atoms with Crippen molar-refractivity contribution < 1.29 is 9.15 Å². The number of nitrogens with zero attached hydrogens (tertiary/aromatic N) is 2. The number of aliphatic imine (C=N–C) groups is 1. The van der Waals surface area contributed by atoms with E-state index < -0.39 is 0 Å². The molecule has 0 aliphatic heterocycles. The minimum Gasteiger partial charge on any atom is -0.487 e. The van der Waals surface area contributed by atoms with Gasteiger partial charge < -0.3 is 9.15 Å². The molecule has 0 atom stereocenters. The fourth-order valence-corrected chi connectivity index (χ4v) is 5.39. The maximum absolute atomic E-state index is 10.1. The van der Waals surface area contributed by atoms with Crippen LogP contribution in [0.3, 0.4) is 0 Å². The molecule has 0 bridgehead atoms. The van der Waals surface area contributed by atoms with E-state index in [-0.39, 0.29) is 5.88 Å². The van der Waals surface area contributed by atoms with Crippen molar-refractivity contribution in [2.75, 3.05) is 0 Å². The number of benzene rings is 4. The standard InChI is InChI=1S/C31H20Br2N2O2/c32-26-16-22(17-27(33)30(26)36-20-21-10-4-1-5-11-21)19-35-31-25(18-34)28(23-12-6-2-7-13-23)29(37-31)24-14-8-3-9-15-24/h1-17,19H,20H2. The molecular weight excluding hydrogens is 592 g/mol. The number of furan rings is 1. The summed E-state index contributed by atoms with van der Waals surface area (Å²) in [4.78, 5) is 4.59. The zero-order valence-corrected chi connectivity index (χ0v) is 22.7. The van der Waals surface area contributed by atoms with Gasteiger partial charge in [-0.3, -0.25) is 0 Å². The largest absolute Gasteiger partial charge is 0.487 e. The van der Waals surface area contributed by atoms with Crippen LogP contribution in [-0.4, -0.2) is 6.21 Å². The molecule has 6 heteroatoms. The van der Waals surface area contributed by atoms with Gasteiger partial charge in [0.1, 0.15) is 29.7 Å². The molecule has 0 amide bonds. The quantitative estimate of drug-likeness (QED) is 0.172. The molecule has 0 aliphatic carbocycles. The van der Waals surface area contributed by atoms with E-state index in [1.807, 2.05) is 103 Å². The molecule has 5 aromatic rings. The van der Waals surface area contributed by atoms with Crippen LogP contribution < -0.4 is 4.74 Å². The molecular formula is C31H20Br2N2O2. The molecule has 0 N–H and O–H groups in total. The van der Waals surface area contributed by atoms with Gasteiger partial charge in [-0.25, -0.2) is 4.99 Å². The first-order valence-corrected chi connectivity index (χ1v) is 13.1. The molecule has 4 nitrogen and oxygen atoms in total. The van der Waals surface area contributed by atoms with E-state index in [1.54, 1.807) is 6.21 Å². The second kappa shape index (κ2) is 11.4. The monoisotopic (exact) mass is 610 g/mol. The molecule has 180 valence electrons. The van der Waals surface area contributed by atoms with Gasteiger partial charge >= 0.3 is 0 Å². The Bertz CT molecular complexity index is 1570. The predicted molar refractivity (Wildman–Crippen MR) is 154 cm³/mol. The lowest BCUT2D eigenvalue weighted by Crippen LogP contribution is -1.97. The number of rotatable bonds is 7. The number of hydrogen-bond donors (Lipinski definition) is 0. The smallest absolute Gasteiger partial charge is 0.238 e. The van der Waals surface area contributed by atoms with Crippen molar-refractivity contribution in [3.8, 4) is 34.3 Å². The zero-order chi connectivity index (χ0) is 25.6. The van der Waals surface area contributed by atoms with E-state index in [1.165, 1.54) is 0 Å². The van der Waals surface area contributed by atoms with Crippen LogP contribution in [0.2, 0.25) is 0 Å². The SMILES string of the molecule is N#Cc1c(N=Cc2cc(Br)c(OCc3ccccc3)c(Br)c2)oc(-c2ccccc2)c1-c1ccccc1. The van der Waals surface area contributed by atoms with Crippen molar-refractivity contribution >= 4 is 44.0 Å². The Balaban J connectivity index is 1.49. The van der Waals surface area contributed by atoms with Crippen LogP contribution in [0.1, 0.15) is 16.7 Å². The first-order chi connectivity index (χ1) is 18.1. The van der Waals surface area contributed by atoms with Crippen LogP contribution in [0.4, 0.5) is 5.88 Å². The van der Waals surface area contributed by atoms with Crippen LogP contribution in [0.15, 0.2) is 121 Å². The van der Waals surface area contributed by atoms with Crippen LogP contribution in [0.25, 0.3) is 22.5 Å². The minimum absolute atomic E-state index is 0.261. The van der Waals surface area contributed by atoms with Gasteiger partial charge in [-0.2, -0.15) is 5.26 Å². The summed E-state index contributed by atoms with van der Waals surface area (Å²) in [6.45, 7) is 0.452. The predicted octanol–water partition coefficient (Wildman–Crippen LogP) is 9.34. The van der Waals surface area contributed by atoms with Crippen LogP contribution >= 0.6 is 31.9 Å². The molecule has 0 saturated carbocycles. The van der Waals surface area contributed by atoms with Gasteiger partial charge in [0, 0.05) is 17.3 Å². The highest BCUT2D eigenvalue weighted by Crippen LogP contribution is 2.42. The molecule has 0 aliphatic rings. The normalized spacial score (nSPS) is 10.9. The Morgan fingerprint density at radius 1 is 0.811 bits per heavy atom. The fourth-order valence-electron chi connectivity index (χ4n) is 3.94. The second-order valence-electron chi connectivity index (χ2n) is 8.18. The first kappa shape index (κ1) is 24.8. The van der Waals surface area contributed by atoms with E-state index in [4.69, 9.17) is 9.15 Å². The van der Waals surface area contributed by atoms with E-state index >= 15 is 0 Å². The van der Waals surface area contributed by atoms with Crippen molar-refractivity contribution in [2.45, 2.75) is 6.61 Å². The molecule has 0 fully saturated rings. The van der Waals surface area contributed by atoms with Gasteiger partial charge in [-0.15, -0.1) is 0 Å². The van der Waals surface area contributed by atoms with E-state index in [0.29, 0.717) is 23.7 Å². The average Bonchev–Trinajstić information content (AvgIpc) is 3.31. The second-order valence-corrected chi connectivity index (χ2v) is 9.89. The lowest BCUT2D eigenvalue weighted by atomic mass is 9.98. The lowest BCUT2D eigenvalue weighted by Gasteiger charge is -2.11. The van der Waals surface area contributed by atoms with Crippen molar-refractivity contribution in [3.63, 3.8) is 0 Å².